The van der Waals surface area contributed by atoms with Crippen LogP contribution in [0.25, 0.3) is 0 Å². The van der Waals surface area contributed by atoms with Crippen LogP contribution in [0.15, 0.2) is 0 Å². The maximum absolute atomic E-state index is 10.1. The summed E-state index contributed by atoms with van der Waals surface area (Å²) in [6.07, 6.45) is 9.06. The fourth-order valence-corrected chi connectivity index (χ4v) is 2.65. The van der Waals surface area contributed by atoms with E-state index in [1.54, 1.807) is 0 Å². The van der Waals surface area contributed by atoms with Gasteiger partial charge in [0.05, 0.1) is 6.61 Å². The van der Waals surface area contributed by atoms with Gasteiger partial charge in [-0.15, -0.1) is 0 Å². The predicted octanol–water partition coefficient (Wildman–Crippen LogP) is 1.15. The molecule has 4 unspecified atom stereocenters. The molecule has 0 spiro atoms. The third-order valence-corrected chi connectivity index (χ3v) is 4.57. The van der Waals surface area contributed by atoms with Gasteiger partial charge in [-0.1, -0.05) is 77.6 Å². The molecule has 0 radical (unpaired) electrons. The lowest BCUT2D eigenvalue weighted by Crippen LogP contribution is -2.48. The fourth-order valence-electron chi connectivity index (χ4n) is 2.65. The number of aliphatic hydroxyl groups excluding tert-OH is 5. The molecular weight excluding hydrogens is 366 g/mol. The van der Waals surface area contributed by atoms with Gasteiger partial charge in [-0.25, -0.2) is 4.79 Å². The number of unbranched alkanes of at least 4 members (excludes halogenated alkanes) is 11. The molecule has 0 aliphatic rings. The van der Waals surface area contributed by atoms with Gasteiger partial charge >= 0.3 is 5.97 Å². The van der Waals surface area contributed by atoms with Gasteiger partial charge in [0, 0.05) is 0 Å². The summed E-state index contributed by atoms with van der Waals surface area (Å²) >= 11 is 0. The van der Waals surface area contributed by atoms with E-state index < -0.39 is 37.0 Å². The first kappa shape index (κ1) is 29.4. The average molecular weight is 410 g/mol. The van der Waals surface area contributed by atoms with Crippen LogP contribution in [0.3, 0.4) is 0 Å². The molecular formula is C20H43NO7. The summed E-state index contributed by atoms with van der Waals surface area (Å²) in [5, 5.41) is 51.8. The van der Waals surface area contributed by atoms with Crippen LogP contribution in [0.4, 0.5) is 0 Å². The Kier molecular flexibility index (Phi) is 22.0. The second-order valence-electron chi connectivity index (χ2n) is 7.19. The highest BCUT2D eigenvalue weighted by atomic mass is 16.4. The highest BCUT2D eigenvalue weighted by Crippen LogP contribution is 2.11. The molecule has 0 saturated heterocycles. The Hall–Kier alpha value is -0.770. The molecule has 8 N–H and O–H groups in total. The lowest BCUT2D eigenvalue weighted by molar-refractivity contribution is -0.164. The number of carbonyl (C=O) groups is 1. The second-order valence-corrected chi connectivity index (χ2v) is 7.19. The first-order chi connectivity index (χ1) is 13.3. The molecule has 0 aromatic rings. The minimum atomic E-state index is -2.20. The summed E-state index contributed by atoms with van der Waals surface area (Å²) in [4.78, 5) is 10.1. The molecule has 170 valence electrons. The van der Waals surface area contributed by atoms with Crippen molar-refractivity contribution in [3.8, 4) is 0 Å². The van der Waals surface area contributed by atoms with E-state index in [2.05, 4.69) is 6.92 Å². The Morgan fingerprint density at radius 1 is 0.750 bits per heavy atom. The minimum Gasteiger partial charge on any atom is -0.479 e. The number of nitrogens with two attached hydrogens (primary N) is 1. The van der Waals surface area contributed by atoms with Gasteiger partial charge in [-0.2, -0.15) is 0 Å². The maximum Gasteiger partial charge on any atom is 0.335 e. The topological polar surface area (TPSA) is 164 Å². The van der Waals surface area contributed by atoms with Gasteiger partial charge in [-0.05, 0) is 13.0 Å². The normalized spacial score (nSPS) is 15.2. The summed E-state index contributed by atoms with van der Waals surface area (Å²) < 4.78 is 0. The first-order valence-corrected chi connectivity index (χ1v) is 10.6. The number of aliphatic carboxylic acids is 1. The molecule has 0 aliphatic carbocycles. The highest BCUT2D eigenvalue weighted by molar-refractivity contribution is 5.72. The Labute approximate surface area is 169 Å². The third-order valence-electron chi connectivity index (χ3n) is 4.57. The van der Waals surface area contributed by atoms with Crippen molar-refractivity contribution in [2.45, 2.75) is 108 Å². The summed E-state index contributed by atoms with van der Waals surface area (Å²) in [7, 11) is 0. The Morgan fingerprint density at radius 3 is 1.46 bits per heavy atom. The lowest BCUT2D eigenvalue weighted by Gasteiger charge is -2.23. The van der Waals surface area contributed by atoms with Crippen molar-refractivity contribution in [1.82, 2.24) is 0 Å². The fraction of sp³-hybridized carbons (Fsp3) is 0.950. The number of carboxylic acids is 1. The van der Waals surface area contributed by atoms with Gasteiger partial charge in [-0.3, -0.25) is 0 Å². The molecule has 0 fully saturated rings. The van der Waals surface area contributed by atoms with Crippen molar-refractivity contribution in [1.29, 1.82) is 0 Å². The summed E-state index contributed by atoms with van der Waals surface area (Å²) in [5.74, 6) is -1.73. The highest BCUT2D eigenvalue weighted by Gasteiger charge is 2.33. The predicted molar refractivity (Wildman–Crippen MR) is 109 cm³/mol. The van der Waals surface area contributed by atoms with E-state index in [9.17, 15) is 4.79 Å². The quantitative estimate of drug-likeness (QED) is 0.176. The molecule has 0 bridgehead atoms. The largest absolute Gasteiger partial charge is 0.479 e. The van der Waals surface area contributed by atoms with E-state index in [0.717, 1.165) is 6.54 Å². The molecule has 28 heavy (non-hydrogen) atoms. The van der Waals surface area contributed by atoms with E-state index in [4.69, 9.17) is 36.4 Å². The van der Waals surface area contributed by atoms with Crippen molar-refractivity contribution in [2.75, 3.05) is 13.2 Å². The Balaban J connectivity index is 0. The number of hydrogen-bond donors (Lipinski definition) is 7. The van der Waals surface area contributed by atoms with Crippen LogP contribution in [0.1, 0.15) is 84.0 Å². The van der Waals surface area contributed by atoms with Gasteiger partial charge in [0.15, 0.2) is 6.10 Å². The Morgan fingerprint density at radius 2 is 1.14 bits per heavy atom. The molecule has 8 heteroatoms. The zero-order valence-corrected chi connectivity index (χ0v) is 17.4. The molecule has 0 aliphatic heterocycles. The molecule has 4 atom stereocenters. The zero-order chi connectivity index (χ0) is 21.8. The molecule has 8 nitrogen and oxygen atoms in total. The van der Waals surface area contributed by atoms with Crippen LogP contribution in [-0.2, 0) is 4.79 Å². The monoisotopic (exact) mass is 409 g/mol. The second kappa shape index (κ2) is 21.0. The molecule has 0 amide bonds. The van der Waals surface area contributed by atoms with Gasteiger partial charge < -0.3 is 36.4 Å². The van der Waals surface area contributed by atoms with Gasteiger partial charge in [0.25, 0.3) is 0 Å². The van der Waals surface area contributed by atoms with E-state index in [1.807, 2.05) is 0 Å². The number of hydrogen-bond acceptors (Lipinski definition) is 7. The first-order valence-electron chi connectivity index (χ1n) is 10.6. The molecule has 0 aromatic heterocycles. The van der Waals surface area contributed by atoms with E-state index in [1.165, 1.54) is 77.0 Å². The van der Waals surface area contributed by atoms with Crippen LogP contribution >= 0.6 is 0 Å². The number of rotatable bonds is 17. The zero-order valence-electron chi connectivity index (χ0n) is 17.4. The van der Waals surface area contributed by atoms with Crippen LogP contribution < -0.4 is 5.73 Å². The third kappa shape index (κ3) is 17.3. The molecule has 0 aromatic carbocycles. The van der Waals surface area contributed by atoms with E-state index >= 15 is 0 Å². The van der Waals surface area contributed by atoms with Gasteiger partial charge in [0.2, 0.25) is 0 Å². The summed E-state index contributed by atoms with van der Waals surface area (Å²) in [6, 6.07) is 0. The number of aliphatic hydroxyl groups is 5. The van der Waals surface area contributed by atoms with Crippen molar-refractivity contribution >= 4 is 5.97 Å². The van der Waals surface area contributed by atoms with Gasteiger partial charge in [0.1, 0.15) is 18.3 Å². The van der Waals surface area contributed by atoms with Crippen LogP contribution in [0, 0.1) is 0 Å². The molecule has 0 rings (SSSR count). The van der Waals surface area contributed by atoms with Crippen LogP contribution in [0.2, 0.25) is 0 Å². The number of carboxylic acid groups (broad SMARTS) is 1. The van der Waals surface area contributed by atoms with E-state index in [0.29, 0.717) is 0 Å². The SMILES string of the molecule is CCCCCCCCCCCCCCN.O=C(O)C(O)C(O)C(O)C(O)CO. The van der Waals surface area contributed by atoms with Crippen LogP contribution in [0.5, 0.6) is 0 Å². The van der Waals surface area contributed by atoms with Crippen LogP contribution in [-0.4, -0.2) is 74.2 Å². The van der Waals surface area contributed by atoms with Crippen molar-refractivity contribution < 1.29 is 35.4 Å². The Bertz CT molecular complexity index is 333. The van der Waals surface area contributed by atoms with E-state index in [-0.39, 0.29) is 0 Å². The lowest BCUT2D eigenvalue weighted by atomic mass is 10.0. The smallest absolute Gasteiger partial charge is 0.335 e. The minimum absolute atomic E-state index is 0.843. The standard InChI is InChI=1S/C14H31N.C6H12O7/c1-2-3-4-5-6-7-8-9-10-11-12-13-14-15;7-1-2(8)3(9)4(10)5(11)6(12)13/h2-15H2,1H3;2-5,7-11H,1H2,(H,12,13). The van der Waals surface area contributed by atoms with Crippen molar-refractivity contribution in [2.24, 2.45) is 5.73 Å². The molecule has 0 saturated carbocycles. The summed E-state index contributed by atoms with van der Waals surface area (Å²) in [5.41, 5.74) is 5.45. The molecule has 0 heterocycles. The average Bonchev–Trinajstić information content (AvgIpc) is 2.70. The van der Waals surface area contributed by atoms with Crippen molar-refractivity contribution in [3.05, 3.63) is 0 Å². The van der Waals surface area contributed by atoms with Crippen molar-refractivity contribution in [3.63, 3.8) is 0 Å². The summed E-state index contributed by atoms with van der Waals surface area (Å²) in [6.45, 7) is 2.31. The maximum atomic E-state index is 10.1.